The average Bonchev–Trinajstić information content (AvgIpc) is 2.11. The lowest BCUT2D eigenvalue weighted by molar-refractivity contribution is 0.625. The second-order valence-electron chi connectivity index (χ2n) is 1.61. The molecule has 0 fully saturated rings. The minimum absolute atomic E-state index is 0.194. The maximum absolute atomic E-state index is 5.55. The molecule has 3 nitrogen and oxygen atoms in total. The third kappa shape index (κ3) is 1.72. The highest BCUT2D eigenvalue weighted by Gasteiger charge is 2.34. The number of amidine groups is 1. The Bertz CT molecular complexity index is 162. The zero-order chi connectivity index (χ0) is 7.78. The van der Waals surface area contributed by atoms with E-state index in [-0.39, 0.29) is 5.84 Å². The summed E-state index contributed by atoms with van der Waals surface area (Å²) in [5, 5.41) is 3.65. The van der Waals surface area contributed by atoms with Gasteiger partial charge in [0.15, 0.2) is 5.84 Å². The lowest BCUT2D eigenvalue weighted by Crippen LogP contribution is -2.29. The number of hydrogen-bond acceptors (Lipinski definition) is 3. The summed E-state index contributed by atoms with van der Waals surface area (Å²) in [7, 11) is 0. The molecule has 1 aliphatic heterocycles. The van der Waals surface area contributed by atoms with Crippen LogP contribution in [-0.4, -0.2) is 20.7 Å². The van der Waals surface area contributed by atoms with Crippen molar-refractivity contribution in [2.45, 2.75) is 3.79 Å². The minimum Gasteiger partial charge on any atom is -0.287 e. The predicted molar refractivity (Wildman–Crippen MR) is 43.4 cm³/mol. The normalized spacial score (nSPS) is 18.8. The molecule has 0 radical (unpaired) electrons. The van der Waals surface area contributed by atoms with Crippen LogP contribution in [0.4, 0.5) is 0 Å². The summed E-state index contributed by atoms with van der Waals surface area (Å²) < 4.78 is -0.349. The molecule has 1 rings (SSSR count). The van der Waals surface area contributed by atoms with Gasteiger partial charge in [-0.25, -0.2) is 4.42 Å². The van der Waals surface area contributed by atoms with Crippen molar-refractivity contribution in [1.82, 2.24) is 9.84 Å². The molecule has 0 saturated heterocycles. The van der Waals surface area contributed by atoms with Gasteiger partial charge in [-0.1, -0.05) is 34.8 Å². The number of halogens is 4. The first kappa shape index (κ1) is 8.53. The number of alkyl halides is 3. The van der Waals surface area contributed by atoms with Crippen LogP contribution in [0.15, 0.2) is 5.10 Å². The fraction of sp³-hybridized carbons (Fsp3) is 0.667. The highest BCUT2D eigenvalue weighted by atomic mass is 35.6. The summed E-state index contributed by atoms with van der Waals surface area (Å²) in [6.07, 6.45) is 0. The Morgan fingerprint density at radius 1 is 1.50 bits per heavy atom. The predicted octanol–water partition coefficient (Wildman–Crippen LogP) is 1.69. The first-order valence-corrected chi connectivity index (χ1v) is 3.80. The Kier molecular flexibility index (Phi) is 2.40. The highest BCUT2D eigenvalue weighted by Crippen LogP contribution is 2.31. The van der Waals surface area contributed by atoms with E-state index < -0.39 is 3.79 Å². The molecule has 0 aliphatic carbocycles. The number of nitrogens with one attached hydrogen (secondary N) is 1. The van der Waals surface area contributed by atoms with Crippen LogP contribution in [-0.2, 0) is 0 Å². The Balaban J connectivity index is 2.72. The van der Waals surface area contributed by atoms with Crippen LogP contribution in [0.5, 0.6) is 0 Å². The molecule has 0 amide bonds. The van der Waals surface area contributed by atoms with Gasteiger partial charge in [-0.3, -0.25) is 5.43 Å². The van der Waals surface area contributed by atoms with Gasteiger partial charge in [0.05, 0.1) is 0 Å². The summed E-state index contributed by atoms with van der Waals surface area (Å²) in [6, 6.07) is 0. The second-order valence-corrected chi connectivity index (χ2v) is 4.30. The molecule has 10 heavy (non-hydrogen) atoms. The smallest absolute Gasteiger partial charge is 0.251 e. The SMILES string of the molecule is ClN1CNN=C1C(Cl)(Cl)Cl. The lowest BCUT2D eigenvalue weighted by atomic mass is 10.7. The van der Waals surface area contributed by atoms with Crippen LogP contribution in [0.25, 0.3) is 0 Å². The van der Waals surface area contributed by atoms with Gasteiger partial charge in [0.2, 0.25) is 0 Å². The largest absolute Gasteiger partial charge is 0.287 e. The topological polar surface area (TPSA) is 27.6 Å². The van der Waals surface area contributed by atoms with Crippen LogP contribution in [0.1, 0.15) is 0 Å². The van der Waals surface area contributed by atoms with Gasteiger partial charge in [0.25, 0.3) is 3.79 Å². The maximum atomic E-state index is 5.55. The Morgan fingerprint density at radius 3 is 2.30 bits per heavy atom. The summed E-state index contributed by atoms with van der Waals surface area (Å²) >= 11 is 22.0. The Hall–Kier alpha value is 0.430. The van der Waals surface area contributed by atoms with E-state index in [0.29, 0.717) is 6.67 Å². The van der Waals surface area contributed by atoms with Crippen LogP contribution in [0.3, 0.4) is 0 Å². The number of hydrogen-bond donors (Lipinski definition) is 1. The van der Waals surface area contributed by atoms with Crippen molar-refractivity contribution in [3.8, 4) is 0 Å². The van der Waals surface area contributed by atoms with E-state index in [9.17, 15) is 0 Å². The molecule has 0 aromatic rings. The zero-order valence-electron chi connectivity index (χ0n) is 4.61. The molecule has 0 aromatic carbocycles. The first-order chi connectivity index (χ1) is 4.52. The summed E-state index contributed by atoms with van der Waals surface area (Å²) in [5.74, 6) is 0.194. The van der Waals surface area contributed by atoms with Crippen molar-refractivity contribution in [3.05, 3.63) is 0 Å². The molecule has 1 N–H and O–H groups in total. The quantitative estimate of drug-likeness (QED) is 0.499. The molecular formula is C3H3Cl4N3. The number of nitrogens with zero attached hydrogens (tertiary/aromatic N) is 2. The molecule has 0 aromatic heterocycles. The van der Waals surface area contributed by atoms with E-state index in [1.807, 2.05) is 0 Å². The van der Waals surface area contributed by atoms with Crippen LogP contribution < -0.4 is 5.43 Å². The molecule has 1 aliphatic rings. The van der Waals surface area contributed by atoms with Crippen molar-refractivity contribution in [2.75, 3.05) is 6.67 Å². The molecule has 7 heteroatoms. The number of rotatable bonds is 0. The maximum Gasteiger partial charge on any atom is 0.251 e. The third-order valence-electron chi connectivity index (χ3n) is 0.878. The molecule has 0 bridgehead atoms. The van der Waals surface area contributed by atoms with Gasteiger partial charge in [-0.15, -0.1) is 0 Å². The van der Waals surface area contributed by atoms with E-state index >= 15 is 0 Å². The van der Waals surface area contributed by atoms with Crippen LogP contribution in [0, 0.1) is 0 Å². The monoisotopic (exact) mass is 221 g/mol. The Morgan fingerprint density at radius 2 is 2.10 bits per heavy atom. The van der Waals surface area contributed by atoms with Gasteiger partial charge in [-0.05, 0) is 0 Å². The molecule has 0 spiro atoms. The molecule has 1 heterocycles. The van der Waals surface area contributed by atoms with Crippen molar-refractivity contribution >= 4 is 52.4 Å². The van der Waals surface area contributed by atoms with Gasteiger partial charge in [0.1, 0.15) is 6.67 Å². The van der Waals surface area contributed by atoms with E-state index in [2.05, 4.69) is 10.5 Å². The minimum atomic E-state index is -1.55. The van der Waals surface area contributed by atoms with Crippen molar-refractivity contribution in [3.63, 3.8) is 0 Å². The first-order valence-electron chi connectivity index (χ1n) is 2.33. The Labute approximate surface area is 78.0 Å². The van der Waals surface area contributed by atoms with Crippen molar-refractivity contribution in [2.24, 2.45) is 5.10 Å². The number of hydrazone groups is 1. The fourth-order valence-corrected chi connectivity index (χ4v) is 1.28. The zero-order valence-corrected chi connectivity index (χ0v) is 7.64. The van der Waals surface area contributed by atoms with Gasteiger partial charge < -0.3 is 0 Å². The van der Waals surface area contributed by atoms with Crippen LogP contribution in [0.2, 0.25) is 0 Å². The standard InChI is InChI=1S/C3H3Cl4N3/c4-3(5,6)2-9-8-1-10(2)7/h8H,1H2. The molecular weight excluding hydrogens is 220 g/mol. The average molecular weight is 223 g/mol. The lowest BCUT2D eigenvalue weighted by Gasteiger charge is -2.14. The molecule has 0 unspecified atom stereocenters. The van der Waals surface area contributed by atoms with E-state index in [0.717, 1.165) is 0 Å². The van der Waals surface area contributed by atoms with Crippen LogP contribution >= 0.6 is 46.6 Å². The third-order valence-corrected chi connectivity index (χ3v) is 1.66. The summed E-state index contributed by atoms with van der Waals surface area (Å²) in [6.45, 7) is 0.352. The van der Waals surface area contributed by atoms with Gasteiger partial charge in [0, 0.05) is 11.8 Å². The molecule has 58 valence electrons. The van der Waals surface area contributed by atoms with Gasteiger partial charge >= 0.3 is 0 Å². The second kappa shape index (κ2) is 2.81. The van der Waals surface area contributed by atoms with E-state index in [1.54, 1.807) is 0 Å². The summed E-state index contributed by atoms with van der Waals surface area (Å²) in [4.78, 5) is 0. The summed E-state index contributed by atoms with van der Waals surface area (Å²) in [5.41, 5.74) is 2.56. The van der Waals surface area contributed by atoms with E-state index in [1.165, 1.54) is 4.42 Å². The fourth-order valence-electron chi connectivity index (χ4n) is 0.502. The molecule has 0 atom stereocenters. The van der Waals surface area contributed by atoms with Crippen molar-refractivity contribution < 1.29 is 0 Å². The molecule has 0 saturated carbocycles. The highest BCUT2D eigenvalue weighted by molar-refractivity contribution is 6.77. The van der Waals surface area contributed by atoms with Crippen molar-refractivity contribution in [1.29, 1.82) is 0 Å². The van der Waals surface area contributed by atoms with E-state index in [4.69, 9.17) is 46.6 Å². The van der Waals surface area contributed by atoms with Gasteiger partial charge in [-0.2, -0.15) is 5.10 Å².